The Hall–Kier alpha value is -3.92. The van der Waals surface area contributed by atoms with E-state index in [1.165, 1.54) is 48.4 Å². The van der Waals surface area contributed by atoms with Gasteiger partial charge in [-0.2, -0.15) is 0 Å². The van der Waals surface area contributed by atoms with Crippen molar-refractivity contribution < 1.29 is 27.1 Å². The predicted octanol–water partition coefficient (Wildman–Crippen LogP) is 4.80. The number of benzene rings is 3. The number of carbonyl (C=O) groups is 2. The smallest absolute Gasteiger partial charge is 0.264 e. The molecule has 10 heteroatoms. The van der Waals surface area contributed by atoms with Gasteiger partial charge in [-0.3, -0.25) is 13.9 Å². The summed E-state index contributed by atoms with van der Waals surface area (Å²) in [7, 11) is -2.78. The summed E-state index contributed by atoms with van der Waals surface area (Å²) in [5, 5.41) is 2.91. The molecule has 1 N–H and O–H groups in total. The third-order valence-electron chi connectivity index (χ3n) is 6.74. The molecule has 0 aliphatic heterocycles. The summed E-state index contributed by atoms with van der Waals surface area (Å²) in [5.41, 5.74) is 1.10. The van der Waals surface area contributed by atoms with Crippen LogP contribution in [-0.4, -0.2) is 57.9 Å². The summed E-state index contributed by atoms with van der Waals surface area (Å²) in [4.78, 5) is 28.6. The molecule has 3 aromatic carbocycles. The van der Waals surface area contributed by atoms with Crippen LogP contribution in [0.4, 0.5) is 10.1 Å². The van der Waals surface area contributed by atoms with Crippen LogP contribution in [0.2, 0.25) is 0 Å². The largest absolute Gasteiger partial charge is 0.497 e. The number of methoxy groups -OCH3 is 1. The summed E-state index contributed by atoms with van der Waals surface area (Å²) < 4.78 is 47.6. The molecule has 3 aromatic rings. The van der Waals surface area contributed by atoms with Gasteiger partial charge in [-0.05, 0) is 73.4 Å². The highest BCUT2D eigenvalue weighted by atomic mass is 32.2. The van der Waals surface area contributed by atoms with Gasteiger partial charge >= 0.3 is 0 Å². The van der Waals surface area contributed by atoms with Gasteiger partial charge in [0, 0.05) is 13.1 Å². The van der Waals surface area contributed by atoms with E-state index in [2.05, 4.69) is 5.32 Å². The van der Waals surface area contributed by atoms with E-state index in [0.29, 0.717) is 25.1 Å². The highest BCUT2D eigenvalue weighted by Gasteiger charge is 2.33. The molecule has 0 bridgehead atoms. The first-order chi connectivity index (χ1) is 19.7. The number of amides is 2. The molecule has 0 aliphatic rings. The van der Waals surface area contributed by atoms with Gasteiger partial charge in [0.25, 0.3) is 10.0 Å². The number of nitrogens with zero attached hydrogens (tertiary/aromatic N) is 2. The monoisotopic (exact) mass is 583 g/mol. The highest BCUT2D eigenvalue weighted by Crippen LogP contribution is 2.26. The second-order valence-electron chi connectivity index (χ2n) is 9.55. The van der Waals surface area contributed by atoms with Crippen LogP contribution in [0, 0.1) is 5.82 Å². The van der Waals surface area contributed by atoms with Crippen molar-refractivity contribution in [2.24, 2.45) is 0 Å². The first-order valence-electron chi connectivity index (χ1n) is 13.7. The normalized spacial score (nSPS) is 11.9. The Morgan fingerprint density at radius 1 is 0.951 bits per heavy atom. The summed E-state index contributed by atoms with van der Waals surface area (Å²) in [5.74, 6) is -0.894. The van der Waals surface area contributed by atoms with Crippen LogP contribution >= 0.6 is 0 Å². The van der Waals surface area contributed by atoms with E-state index in [1.54, 1.807) is 0 Å². The third-order valence-corrected chi connectivity index (χ3v) is 8.53. The Kier molecular flexibility index (Phi) is 11.7. The van der Waals surface area contributed by atoms with Crippen molar-refractivity contribution in [1.82, 2.24) is 10.2 Å². The number of anilines is 1. The van der Waals surface area contributed by atoms with Crippen LogP contribution in [0.25, 0.3) is 0 Å². The number of ether oxygens (including phenoxy) is 1. The van der Waals surface area contributed by atoms with E-state index in [0.717, 1.165) is 34.8 Å². The predicted molar refractivity (Wildman–Crippen MR) is 158 cm³/mol. The van der Waals surface area contributed by atoms with Crippen LogP contribution < -0.4 is 14.4 Å². The average Bonchev–Trinajstić information content (AvgIpc) is 2.99. The van der Waals surface area contributed by atoms with Crippen molar-refractivity contribution in [1.29, 1.82) is 0 Å². The van der Waals surface area contributed by atoms with Crippen molar-refractivity contribution in [3.05, 3.63) is 90.2 Å². The van der Waals surface area contributed by atoms with Gasteiger partial charge in [-0.15, -0.1) is 0 Å². The van der Waals surface area contributed by atoms with Gasteiger partial charge in [0.1, 0.15) is 24.2 Å². The lowest BCUT2D eigenvalue weighted by atomic mass is 10.1. The number of carbonyl (C=O) groups excluding carboxylic acids is 2. The van der Waals surface area contributed by atoms with Crippen LogP contribution in [0.5, 0.6) is 5.75 Å². The Morgan fingerprint density at radius 3 is 2.20 bits per heavy atom. The molecular weight excluding hydrogens is 545 g/mol. The van der Waals surface area contributed by atoms with Crippen molar-refractivity contribution in [2.45, 2.75) is 50.5 Å². The standard InChI is InChI=1S/C31H38FN3O5S/c1-4-6-21-33-31(37)29(5-2)34(22-20-24-10-8-7-9-11-24)30(36)23-35(26-14-12-25(32)13-15-26)41(38,39)28-18-16-27(40-3)17-19-28/h7-19,29H,4-6,20-23H2,1-3H3,(H,33,37)/t29-/m1/s1. The molecule has 8 nitrogen and oxygen atoms in total. The van der Waals surface area contributed by atoms with Gasteiger partial charge < -0.3 is 15.0 Å². The average molecular weight is 584 g/mol. The zero-order valence-electron chi connectivity index (χ0n) is 23.8. The zero-order valence-corrected chi connectivity index (χ0v) is 24.6. The Bertz CT molecular complexity index is 1370. The van der Waals surface area contributed by atoms with E-state index in [-0.39, 0.29) is 23.0 Å². The molecule has 0 saturated carbocycles. The molecule has 0 aromatic heterocycles. The van der Waals surface area contributed by atoms with Crippen LogP contribution in [0.15, 0.2) is 83.8 Å². The summed E-state index contributed by atoms with van der Waals surface area (Å²) >= 11 is 0. The second-order valence-corrected chi connectivity index (χ2v) is 11.4. The van der Waals surface area contributed by atoms with Crippen LogP contribution in [-0.2, 0) is 26.0 Å². The van der Waals surface area contributed by atoms with Crippen molar-refractivity contribution >= 4 is 27.5 Å². The van der Waals surface area contributed by atoms with Crippen molar-refractivity contribution in [3.8, 4) is 5.75 Å². The van der Waals surface area contributed by atoms with E-state index in [4.69, 9.17) is 4.74 Å². The number of sulfonamides is 1. The van der Waals surface area contributed by atoms with Gasteiger partial charge in [0.05, 0.1) is 17.7 Å². The first kappa shape index (κ1) is 31.6. The Morgan fingerprint density at radius 2 is 1.61 bits per heavy atom. The number of hydrogen-bond acceptors (Lipinski definition) is 5. The second kappa shape index (κ2) is 15.2. The maximum atomic E-state index is 14.0. The topological polar surface area (TPSA) is 96.0 Å². The van der Waals surface area contributed by atoms with E-state index in [1.807, 2.05) is 44.2 Å². The SMILES string of the molecule is CCCCNC(=O)[C@@H](CC)N(CCc1ccccc1)C(=O)CN(c1ccc(F)cc1)S(=O)(=O)c1ccc(OC)cc1. The Balaban J connectivity index is 1.98. The molecule has 0 fully saturated rings. The minimum atomic E-state index is -4.25. The summed E-state index contributed by atoms with van der Waals surface area (Å²) in [6.45, 7) is 3.96. The number of rotatable bonds is 15. The minimum Gasteiger partial charge on any atom is -0.497 e. The molecule has 220 valence electrons. The number of halogens is 1. The third kappa shape index (κ3) is 8.53. The molecule has 41 heavy (non-hydrogen) atoms. The molecule has 3 rings (SSSR count). The lowest BCUT2D eigenvalue weighted by molar-refractivity contribution is -0.139. The lowest BCUT2D eigenvalue weighted by Crippen LogP contribution is -2.53. The molecule has 0 radical (unpaired) electrons. The molecule has 2 amide bonds. The number of unbranched alkanes of at least 4 members (excludes halogenated alkanes) is 1. The van der Waals surface area contributed by atoms with Gasteiger partial charge in [-0.25, -0.2) is 12.8 Å². The van der Waals surface area contributed by atoms with Gasteiger partial charge in [0.2, 0.25) is 11.8 Å². The molecule has 0 saturated heterocycles. The Labute approximate surface area is 242 Å². The van der Waals surface area contributed by atoms with Gasteiger partial charge in [0.15, 0.2) is 0 Å². The van der Waals surface area contributed by atoms with E-state index < -0.39 is 34.3 Å². The molecule has 1 atom stereocenters. The van der Waals surface area contributed by atoms with Crippen molar-refractivity contribution in [3.63, 3.8) is 0 Å². The minimum absolute atomic E-state index is 0.0596. The highest BCUT2D eigenvalue weighted by molar-refractivity contribution is 7.92. The van der Waals surface area contributed by atoms with Crippen molar-refractivity contribution in [2.75, 3.05) is 31.0 Å². The maximum Gasteiger partial charge on any atom is 0.264 e. The maximum absolute atomic E-state index is 14.0. The molecule has 0 heterocycles. The number of nitrogens with one attached hydrogen (secondary N) is 1. The van der Waals surface area contributed by atoms with Crippen LogP contribution in [0.3, 0.4) is 0 Å². The lowest BCUT2D eigenvalue weighted by Gasteiger charge is -2.33. The van der Waals surface area contributed by atoms with Gasteiger partial charge in [-0.1, -0.05) is 50.6 Å². The summed E-state index contributed by atoms with van der Waals surface area (Å²) in [6, 6.07) is 19.5. The molecule has 0 aliphatic carbocycles. The van der Waals surface area contributed by atoms with E-state index >= 15 is 0 Å². The molecule has 0 spiro atoms. The quantitative estimate of drug-likeness (QED) is 0.260. The first-order valence-corrected chi connectivity index (χ1v) is 15.2. The zero-order chi connectivity index (χ0) is 29.8. The fraction of sp³-hybridized carbons (Fsp3) is 0.355. The molecular formula is C31H38FN3O5S. The number of hydrogen-bond donors (Lipinski definition) is 1. The molecule has 0 unspecified atom stereocenters. The fourth-order valence-corrected chi connectivity index (χ4v) is 5.83. The van der Waals surface area contributed by atoms with Crippen LogP contribution in [0.1, 0.15) is 38.7 Å². The van der Waals surface area contributed by atoms with E-state index in [9.17, 15) is 22.4 Å². The fourth-order valence-electron chi connectivity index (χ4n) is 4.41. The summed E-state index contributed by atoms with van der Waals surface area (Å²) in [6.07, 6.45) is 2.54.